The van der Waals surface area contributed by atoms with Gasteiger partial charge in [0.2, 0.25) is 0 Å². The Kier molecular flexibility index (Phi) is 8.41. The van der Waals surface area contributed by atoms with E-state index < -0.39 is 11.4 Å². The van der Waals surface area contributed by atoms with Gasteiger partial charge in [0.05, 0.1) is 5.41 Å². The number of carboxylic acid groups (broad SMARTS) is 1. The SMILES string of the molecule is CC1(C(=O)O)CCC2(C)CCC3(C)C(=CC(=O)C4C5(C)CCC(OC(=O)N(CCCl)CCCl)C(C)(C)C5CCC43C)C2C1. The van der Waals surface area contributed by atoms with Crippen LogP contribution in [-0.4, -0.2) is 58.8 Å². The van der Waals surface area contributed by atoms with Gasteiger partial charge in [-0.05, 0) is 104 Å². The van der Waals surface area contributed by atoms with Crippen LogP contribution in [0.2, 0.25) is 0 Å². The molecule has 43 heavy (non-hydrogen) atoms. The van der Waals surface area contributed by atoms with Crippen LogP contribution in [0.25, 0.3) is 0 Å². The van der Waals surface area contributed by atoms with Crippen LogP contribution in [-0.2, 0) is 14.3 Å². The van der Waals surface area contributed by atoms with E-state index in [1.807, 2.05) is 13.0 Å². The summed E-state index contributed by atoms with van der Waals surface area (Å²) in [5.74, 6) is 0.390. The first kappa shape index (κ1) is 33.1. The Morgan fingerprint density at radius 3 is 2.16 bits per heavy atom. The number of aliphatic carboxylic acids is 1. The molecule has 9 unspecified atom stereocenters. The van der Waals surface area contributed by atoms with Gasteiger partial charge in [0.15, 0.2) is 5.78 Å². The number of rotatable bonds is 6. The quantitative estimate of drug-likeness (QED) is 0.296. The van der Waals surface area contributed by atoms with Gasteiger partial charge in [-0.1, -0.05) is 47.1 Å². The van der Waals surface area contributed by atoms with Gasteiger partial charge >= 0.3 is 12.1 Å². The minimum Gasteiger partial charge on any atom is -0.481 e. The summed E-state index contributed by atoms with van der Waals surface area (Å²) in [6, 6.07) is 0. The highest BCUT2D eigenvalue weighted by Crippen LogP contribution is 2.75. The molecule has 5 rings (SSSR count). The maximum absolute atomic E-state index is 14.6. The average Bonchev–Trinajstić information content (AvgIpc) is 2.92. The number of ether oxygens (including phenoxy) is 1. The number of fused-ring (bicyclic) bond motifs is 7. The second kappa shape index (κ2) is 10.9. The Morgan fingerprint density at radius 1 is 0.930 bits per heavy atom. The fraction of sp³-hybridized carbons (Fsp3) is 0.857. The summed E-state index contributed by atoms with van der Waals surface area (Å²) in [5.41, 5.74) is -0.379. The third-order valence-electron chi connectivity index (χ3n) is 14.2. The minimum atomic E-state index is -0.753. The van der Waals surface area contributed by atoms with Gasteiger partial charge in [0.25, 0.3) is 0 Å². The number of nitrogens with zero attached hydrogens (tertiary/aromatic N) is 1. The van der Waals surface area contributed by atoms with Crippen LogP contribution in [0.15, 0.2) is 11.6 Å². The summed E-state index contributed by atoms with van der Waals surface area (Å²) in [6.45, 7) is 16.6. The van der Waals surface area contributed by atoms with Gasteiger partial charge in [-0.3, -0.25) is 9.59 Å². The van der Waals surface area contributed by atoms with Gasteiger partial charge in [-0.25, -0.2) is 4.79 Å². The predicted octanol–water partition coefficient (Wildman–Crippen LogP) is 8.34. The maximum atomic E-state index is 14.6. The number of carbonyl (C=O) groups is 3. The monoisotopic (exact) mass is 637 g/mol. The molecule has 0 aromatic rings. The number of amides is 1. The Hall–Kier alpha value is -1.27. The maximum Gasteiger partial charge on any atom is 0.410 e. The first-order chi connectivity index (χ1) is 19.9. The van der Waals surface area contributed by atoms with Crippen LogP contribution in [0.5, 0.6) is 0 Å². The lowest BCUT2D eigenvalue weighted by Crippen LogP contribution is -2.67. The van der Waals surface area contributed by atoms with Gasteiger partial charge in [0, 0.05) is 36.2 Å². The van der Waals surface area contributed by atoms with Crippen LogP contribution < -0.4 is 0 Å². The van der Waals surface area contributed by atoms with Crippen molar-refractivity contribution < 1.29 is 24.2 Å². The topological polar surface area (TPSA) is 83.9 Å². The highest BCUT2D eigenvalue weighted by molar-refractivity contribution is 6.18. The van der Waals surface area contributed by atoms with Gasteiger partial charge < -0.3 is 14.7 Å². The molecule has 0 spiro atoms. The van der Waals surface area contributed by atoms with E-state index in [2.05, 4.69) is 41.5 Å². The van der Waals surface area contributed by atoms with Gasteiger partial charge in [-0.2, -0.15) is 0 Å². The fourth-order valence-corrected chi connectivity index (χ4v) is 11.7. The van der Waals surface area contributed by atoms with Gasteiger partial charge in [0.1, 0.15) is 6.10 Å². The van der Waals surface area contributed by atoms with E-state index in [-0.39, 0.29) is 62.8 Å². The number of carboxylic acids is 1. The largest absolute Gasteiger partial charge is 0.481 e. The predicted molar refractivity (Wildman–Crippen MR) is 170 cm³/mol. The Bertz CT molecular complexity index is 1200. The molecule has 6 nitrogen and oxygen atoms in total. The van der Waals surface area contributed by atoms with Gasteiger partial charge in [-0.15, -0.1) is 23.2 Å². The molecule has 0 aromatic heterocycles. The lowest BCUT2D eigenvalue weighted by atomic mass is 9.33. The van der Waals surface area contributed by atoms with Crippen molar-refractivity contribution in [3.05, 3.63) is 11.6 Å². The molecule has 4 fully saturated rings. The van der Waals surface area contributed by atoms with Crippen molar-refractivity contribution in [1.29, 1.82) is 0 Å². The molecule has 8 heteroatoms. The average molecular weight is 639 g/mol. The van der Waals surface area contributed by atoms with E-state index in [1.54, 1.807) is 4.90 Å². The number of hydrogen-bond donors (Lipinski definition) is 1. The van der Waals surface area contributed by atoms with Crippen molar-refractivity contribution >= 4 is 41.0 Å². The third kappa shape index (κ3) is 4.81. The molecule has 5 aliphatic carbocycles. The first-order valence-electron chi connectivity index (χ1n) is 16.5. The summed E-state index contributed by atoms with van der Waals surface area (Å²) in [6.07, 6.45) is 9.16. The van der Waals surface area contributed by atoms with Crippen LogP contribution in [0.3, 0.4) is 0 Å². The summed E-state index contributed by atoms with van der Waals surface area (Å²) in [5, 5.41) is 10.2. The molecular weight excluding hydrogens is 585 g/mol. The van der Waals surface area contributed by atoms with E-state index in [0.717, 1.165) is 38.5 Å². The van der Waals surface area contributed by atoms with Crippen LogP contribution in [0, 0.1) is 50.2 Å². The molecule has 9 atom stereocenters. The molecule has 1 amide bonds. The second-order valence-corrected chi connectivity index (χ2v) is 17.4. The number of hydrogen-bond acceptors (Lipinski definition) is 4. The Balaban J connectivity index is 1.48. The van der Waals surface area contributed by atoms with E-state index in [4.69, 9.17) is 27.9 Å². The molecule has 4 saturated carbocycles. The lowest BCUT2D eigenvalue weighted by Gasteiger charge is -2.70. The first-order valence-corrected chi connectivity index (χ1v) is 17.6. The summed E-state index contributed by atoms with van der Waals surface area (Å²) >= 11 is 11.9. The van der Waals surface area contributed by atoms with Crippen molar-refractivity contribution in [3.63, 3.8) is 0 Å². The standard InChI is InChI=1S/C35H53Cl2NO5/c1-30(2)25-8-11-35(7)27(33(25,5)10-9-26(30)43-29(42)38(18-16-36)19-17-37)24(39)20-22-23-21-32(4,28(40)41)13-12-31(23,3)14-15-34(22,35)6/h20,23,25-27H,8-19,21H2,1-7H3,(H,40,41). The Labute approximate surface area is 268 Å². The number of alkyl halides is 2. The highest BCUT2D eigenvalue weighted by atomic mass is 35.5. The van der Waals surface area contributed by atoms with Crippen LogP contribution >= 0.6 is 23.2 Å². The third-order valence-corrected chi connectivity index (χ3v) is 14.6. The molecule has 0 heterocycles. The zero-order valence-electron chi connectivity index (χ0n) is 27.4. The van der Waals surface area contributed by atoms with E-state index in [0.29, 0.717) is 44.1 Å². The van der Waals surface area contributed by atoms with Crippen molar-refractivity contribution in [3.8, 4) is 0 Å². The van der Waals surface area contributed by atoms with Crippen LogP contribution in [0.1, 0.15) is 106 Å². The molecule has 0 aliphatic heterocycles. The fourth-order valence-electron chi connectivity index (χ4n) is 11.3. The normalized spacial score (nSPS) is 45.0. The van der Waals surface area contributed by atoms with Crippen molar-refractivity contribution in [1.82, 2.24) is 4.90 Å². The van der Waals surface area contributed by atoms with E-state index in [9.17, 15) is 19.5 Å². The lowest BCUT2D eigenvalue weighted by molar-refractivity contribution is -0.203. The molecule has 0 radical (unpaired) electrons. The molecule has 242 valence electrons. The van der Waals surface area contributed by atoms with Crippen molar-refractivity contribution in [2.24, 2.45) is 50.2 Å². The van der Waals surface area contributed by atoms with E-state index >= 15 is 0 Å². The second-order valence-electron chi connectivity index (χ2n) is 16.7. The zero-order valence-corrected chi connectivity index (χ0v) is 28.9. The molecule has 0 saturated heterocycles. The van der Waals surface area contributed by atoms with E-state index in [1.165, 1.54) is 5.57 Å². The summed E-state index contributed by atoms with van der Waals surface area (Å²) in [7, 11) is 0. The van der Waals surface area contributed by atoms with Crippen LogP contribution in [0.4, 0.5) is 4.79 Å². The number of carbonyl (C=O) groups excluding carboxylic acids is 2. The smallest absolute Gasteiger partial charge is 0.410 e. The number of halogens is 2. The zero-order chi connectivity index (χ0) is 31.8. The highest BCUT2D eigenvalue weighted by Gasteiger charge is 2.70. The minimum absolute atomic E-state index is 0.0373. The number of ketones is 1. The molecule has 1 N–H and O–H groups in total. The Morgan fingerprint density at radius 2 is 1.56 bits per heavy atom. The molecule has 5 aliphatic rings. The van der Waals surface area contributed by atoms with Crippen molar-refractivity contribution in [2.45, 2.75) is 112 Å². The summed E-state index contributed by atoms with van der Waals surface area (Å²) in [4.78, 5) is 41.7. The molecule has 0 bridgehead atoms. The molecule has 0 aromatic carbocycles. The molecular formula is C35H53Cl2NO5. The number of allylic oxidation sites excluding steroid dienone is 2. The van der Waals surface area contributed by atoms with Crippen molar-refractivity contribution in [2.75, 3.05) is 24.8 Å². The summed E-state index contributed by atoms with van der Waals surface area (Å²) < 4.78 is 6.20.